The molecule has 0 saturated heterocycles. The summed E-state index contributed by atoms with van der Waals surface area (Å²) < 4.78 is 29.3. The Hall–Kier alpha value is -4.46. The number of aryl methyl sites for hydroxylation is 1. The number of nitrogens with one attached hydrogen (secondary N) is 1. The standard InChI is InChI=1S/C33H28ClN3O3S/c1-24-6-16-30(17-7-24)41(39,40)37(23-27-8-12-28(34)13-9-27)32-5-3-2-4-31(32)33(38)36-29-14-10-25(11-15-29)22-26-18-20-35-21-19-26/h2-21H,22-23H2,1H3,(H,36,38). The van der Waals surface area contributed by atoms with Crippen LogP contribution < -0.4 is 9.62 Å². The molecule has 4 aromatic carbocycles. The lowest BCUT2D eigenvalue weighted by Gasteiger charge is -2.27. The highest BCUT2D eigenvalue weighted by Crippen LogP contribution is 2.30. The van der Waals surface area contributed by atoms with E-state index in [4.69, 9.17) is 11.6 Å². The predicted molar refractivity (Wildman–Crippen MR) is 164 cm³/mol. The minimum atomic E-state index is -4.03. The Labute approximate surface area is 245 Å². The van der Waals surface area contributed by atoms with Gasteiger partial charge in [-0.2, -0.15) is 0 Å². The number of hydrogen-bond donors (Lipinski definition) is 1. The predicted octanol–water partition coefficient (Wildman–Crippen LogP) is 7.28. The number of rotatable bonds is 9. The van der Waals surface area contributed by atoms with Gasteiger partial charge in [0.05, 0.1) is 22.7 Å². The fraction of sp³-hybridized carbons (Fsp3) is 0.0909. The molecule has 1 amide bonds. The van der Waals surface area contributed by atoms with Crippen molar-refractivity contribution in [3.8, 4) is 0 Å². The number of hydrogen-bond acceptors (Lipinski definition) is 4. The Morgan fingerprint density at radius 3 is 2.07 bits per heavy atom. The van der Waals surface area contributed by atoms with Gasteiger partial charge in [-0.05, 0) is 90.7 Å². The lowest BCUT2D eigenvalue weighted by molar-refractivity contribution is 0.102. The van der Waals surface area contributed by atoms with Crippen molar-refractivity contribution >= 4 is 38.9 Å². The minimum absolute atomic E-state index is 0.0153. The van der Waals surface area contributed by atoms with Crippen LogP contribution in [0.15, 0.2) is 126 Å². The first-order chi connectivity index (χ1) is 19.8. The van der Waals surface area contributed by atoms with Crippen LogP contribution in [0.3, 0.4) is 0 Å². The number of carbonyl (C=O) groups is 1. The van der Waals surface area contributed by atoms with Crippen LogP contribution in [0, 0.1) is 6.92 Å². The molecule has 0 atom stereocenters. The Kier molecular flexibility index (Phi) is 8.47. The lowest BCUT2D eigenvalue weighted by atomic mass is 10.1. The van der Waals surface area contributed by atoms with E-state index in [2.05, 4.69) is 10.3 Å². The van der Waals surface area contributed by atoms with Crippen LogP contribution in [0.4, 0.5) is 11.4 Å². The van der Waals surface area contributed by atoms with Crippen molar-refractivity contribution in [1.29, 1.82) is 0 Å². The SMILES string of the molecule is Cc1ccc(S(=O)(=O)N(Cc2ccc(Cl)cc2)c2ccccc2C(=O)Nc2ccc(Cc3ccncc3)cc2)cc1. The van der Waals surface area contributed by atoms with Gasteiger partial charge in [-0.1, -0.05) is 65.7 Å². The van der Waals surface area contributed by atoms with Crippen LogP contribution in [0.2, 0.25) is 5.02 Å². The van der Waals surface area contributed by atoms with Crippen LogP contribution in [0.25, 0.3) is 0 Å². The number of benzene rings is 4. The molecule has 5 rings (SSSR count). The molecule has 0 fully saturated rings. The Morgan fingerprint density at radius 1 is 0.780 bits per heavy atom. The maximum atomic E-state index is 14.0. The summed E-state index contributed by atoms with van der Waals surface area (Å²) in [7, 11) is -4.03. The smallest absolute Gasteiger partial charge is 0.264 e. The van der Waals surface area contributed by atoms with E-state index < -0.39 is 15.9 Å². The Bertz CT molecular complexity index is 1740. The van der Waals surface area contributed by atoms with Crippen molar-refractivity contribution in [3.63, 3.8) is 0 Å². The number of amides is 1. The molecule has 0 radical (unpaired) electrons. The third kappa shape index (κ3) is 6.82. The highest BCUT2D eigenvalue weighted by Gasteiger charge is 2.28. The molecule has 0 unspecified atom stereocenters. The fourth-order valence-electron chi connectivity index (χ4n) is 4.42. The highest BCUT2D eigenvalue weighted by molar-refractivity contribution is 7.92. The number of aromatic nitrogens is 1. The number of anilines is 2. The van der Waals surface area contributed by atoms with E-state index in [1.54, 1.807) is 85.2 Å². The second-order valence-corrected chi connectivity index (χ2v) is 12.0. The van der Waals surface area contributed by atoms with Gasteiger partial charge in [-0.25, -0.2) is 8.42 Å². The van der Waals surface area contributed by atoms with Crippen LogP contribution in [0.5, 0.6) is 0 Å². The van der Waals surface area contributed by atoms with Gasteiger partial charge in [0, 0.05) is 23.1 Å². The van der Waals surface area contributed by atoms with Gasteiger partial charge in [0.2, 0.25) is 0 Å². The van der Waals surface area contributed by atoms with Gasteiger partial charge in [-0.3, -0.25) is 14.1 Å². The molecule has 0 bridgehead atoms. The van der Waals surface area contributed by atoms with E-state index in [-0.39, 0.29) is 22.7 Å². The second-order valence-electron chi connectivity index (χ2n) is 9.65. The van der Waals surface area contributed by atoms with Gasteiger partial charge in [0.25, 0.3) is 15.9 Å². The molecule has 0 aliphatic rings. The largest absolute Gasteiger partial charge is 0.322 e. The number of para-hydroxylation sites is 1. The number of carbonyl (C=O) groups excluding carboxylic acids is 1. The molecule has 5 aromatic rings. The summed E-state index contributed by atoms with van der Waals surface area (Å²) in [5, 5.41) is 3.48. The molecule has 41 heavy (non-hydrogen) atoms. The first-order valence-electron chi connectivity index (χ1n) is 13.0. The average Bonchev–Trinajstić information content (AvgIpc) is 2.98. The molecule has 8 heteroatoms. The summed E-state index contributed by atoms with van der Waals surface area (Å²) in [6.07, 6.45) is 4.27. The van der Waals surface area contributed by atoms with Crippen molar-refractivity contribution in [2.75, 3.05) is 9.62 Å². The molecule has 1 aromatic heterocycles. The molecule has 1 N–H and O–H groups in total. The van der Waals surface area contributed by atoms with E-state index in [1.807, 2.05) is 43.3 Å². The van der Waals surface area contributed by atoms with Gasteiger partial charge >= 0.3 is 0 Å². The van der Waals surface area contributed by atoms with Crippen LogP contribution >= 0.6 is 11.6 Å². The molecule has 0 saturated carbocycles. The zero-order valence-electron chi connectivity index (χ0n) is 22.4. The first kappa shape index (κ1) is 28.1. The third-order valence-electron chi connectivity index (χ3n) is 6.64. The van der Waals surface area contributed by atoms with Crippen molar-refractivity contribution in [2.45, 2.75) is 24.8 Å². The van der Waals surface area contributed by atoms with Gasteiger partial charge in [-0.15, -0.1) is 0 Å². The maximum absolute atomic E-state index is 14.0. The molecule has 206 valence electrons. The monoisotopic (exact) mass is 581 g/mol. The van der Waals surface area contributed by atoms with Crippen molar-refractivity contribution in [2.24, 2.45) is 0 Å². The van der Waals surface area contributed by atoms with Gasteiger partial charge < -0.3 is 5.32 Å². The summed E-state index contributed by atoms with van der Waals surface area (Å²) in [5.41, 5.74) is 5.01. The van der Waals surface area contributed by atoms with E-state index >= 15 is 0 Å². The summed E-state index contributed by atoms with van der Waals surface area (Å²) in [5.74, 6) is -0.414. The number of halogens is 1. The minimum Gasteiger partial charge on any atom is -0.322 e. The first-order valence-corrected chi connectivity index (χ1v) is 14.8. The molecule has 6 nitrogen and oxygen atoms in total. The maximum Gasteiger partial charge on any atom is 0.264 e. The molecule has 1 heterocycles. The molecular weight excluding hydrogens is 554 g/mol. The molecule has 0 spiro atoms. The van der Waals surface area contributed by atoms with E-state index in [0.717, 1.165) is 28.7 Å². The van der Waals surface area contributed by atoms with Crippen LogP contribution in [-0.2, 0) is 23.0 Å². The highest BCUT2D eigenvalue weighted by atomic mass is 35.5. The Balaban J connectivity index is 1.45. The Morgan fingerprint density at radius 2 is 1.39 bits per heavy atom. The second kappa shape index (κ2) is 12.4. The van der Waals surface area contributed by atoms with Crippen molar-refractivity contribution < 1.29 is 13.2 Å². The average molecular weight is 582 g/mol. The number of nitrogens with zero attached hydrogens (tertiary/aromatic N) is 2. The summed E-state index contributed by atoms with van der Waals surface area (Å²) in [4.78, 5) is 17.8. The molecule has 0 aliphatic heterocycles. The fourth-order valence-corrected chi connectivity index (χ4v) is 6.01. The van der Waals surface area contributed by atoms with Crippen LogP contribution in [0.1, 0.15) is 32.6 Å². The third-order valence-corrected chi connectivity index (χ3v) is 8.66. The quantitative estimate of drug-likeness (QED) is 0.198. The van der Waals surface area contributed by atoms with Gasteiger partial charge in [0.15, 0.2) is 0 Å². The van der Waals surface area contributed by atoms with Crippen LogP contribution in [-0.4, -0.2) is 19.3 Å². The molecular formula is C33H28ClN3O3S. The topological polar surface area (TPSA) is 79.4 Å². The number of pyridine rings is 1. The summed E-state index contributed by atoms with van der Waals surface area (Å²) >= 11 is 6.07. The van der Waals surface area contributed by atoms with Crippen molar-refractivity contribution in [1.82, 2.24) is 4.98 Å². The van der Waals surface area contributed by atoms with Crippen molar-refractivity contribution in [3.05, 3.63) is 154 Å². The summed E-state index contributed by atoms with van der Waals surface area (Å²) in [6, 6.07) is 31.9. The van der Waals surface area contributed by atoms with E-state index in [1.165, 1.54) is 4.31 Å². The molecule has 0 aliphatic carbocycles. The lowest BCUT2D eigenvalue weighted by Crippen LogP contribution is -2.32. The zero-order valence-corrected chi connectivity index (χ0v) is 23.9. The normalized spacial score (nSPS) is 11.2. The van der Waals surface area contributed by atoms with E-state index in [0.29, 0.717) is 10.7 Å². The van der Waals surface area contributed by atoms with Gasteiger partial charge in [0.1, 0.15) is 0 Å². The van der Waals surface area contributed by atoms with E-state index in [9.17, 15) is 13.2 Å². The zero-order chi connectivity index (χ0) is 28.8. The summed E-state index contributed by atoms with van der Waals surface area (Å²) in [6.45, 7) is 1.91. The number of sulfonamides is 1.